The molecule has 1 N–H and O–H groups in total. The number of nitrogens with one attached hydrogen (secondary N) is 1. The van der Waals surface area contributed by atoms with Gasteiger partial charge in [0.05, 0.1) is 6.33 Å². The van der Waals surface area contributed by atoms with Crippen LogP contribution in [-0.2, 0) is 23.5 Å². The van der Waals surface area contributed by atoms with Crippen molar-refractivity contribution in [1.82, 2.24) is 19.2 Å². The molecule has 0 spiro atoms. The van der Waals surface area contributed by atoms with E-state index in [1.165, 1.54) is 11.9 Å². The molecule has 2 aromatic carbocycles. The predicted octanol–water partition coefficient (Wildman–Crippen LogP) is 3.45. The molecule has 2 unspecified atom stereocenters. The highest BCUT2D eigenvalue weighted by atomic mass is 35.5. The summed E-state index contributed by atoms with van der Waals surface area (Å²) in [5, 5.41) is 4.46. The third kappa shape index (κ3) is 5.18. The number of aromatic nitrogens is 2. The third-order valence-electron chi connectivity index (χ3n) is 5.74. The van der Waals surface area contributed by atoms with E-state index in [4.69, 9.17) is 11.6 Å². The highest BCUT2D eigenvalue weighted by molar-refractivity contribution is 7.89. The van der Waals surface area contributed by atoms with Gasteiger partial charge in [-0.1, -0.05) is 54.1 Å². The lowest BCUT2D eigenvalue weighted by Gasteiger charge is -2.20. The summed E-state index contributed by atoms with van der Waals surface area (Å²) < 4.78 is 29.5. The van der Waals surface area contributed by atoms with Crippen LogP contribution >= 0.6 is 11.6 Å². The van der Waals surface area contributed by atoms with Gasteiger partial charge in [-0.15, -0.1) is 0 Å². The third-order valence-corrected chi connectivity index (χ3v) is 7.69. The van der Waals surface area contributed by atoms with E-state index >= 15 is 0 Å². The molecule has 1 aliphatic rings. The quantitative estimate of drug-likeness (QED) is 0.525. The highest BCUT2D eigenvalue weighted by Crippen LogP contribution is 2.31. The van der Waals surface area contributed by atoms with Crippen molar-refractivity contribution in [3.05, 3.63) is 83.3 Å². The van der Waals surface area contributed by atoms with Crippen LogP contribution in [0.2, 0.25) is 5.02 Å². The molecular weight excluding hydrogens is 432 g/mol. The van der Waals surface area contributed by atoms with Gasteiger partial charge in [0.1, 0.15) is 0 Å². The van der Waals surface area contributed by atoms with Crippen molar-refractivity contribution >= 4 is 21.6 Å². The van der Waals surface area contributed by atoms with Crippen molar-refractivity contribution in [3.8, 4) is 0 Å². The van der Waals surface area contributed by atoms with Gasteiger partial charge >= 0.3 is 0 Å². The largest absolute Gasteiger partial charge is 0.339 e. The number of hydrogen-bond donors (Lipinski definition) is 1. The second-order valence-corrected chi connectivity index (χ2v) is 10.3. The van der Waals surface area contributed by atoms with Gasteiger partial charge in [-0.3, -0.25) is 0 Å². The Morgan fingerprint density at radius 2 is 1.94 bits per heavy atom. The molecule has 4 rings (SSSR count). The van der Waals surface area contributed by atoms with Crippen LogP contribution in [0.25, 0.3) is 0 Å². The highest BCUT2D eigenvalue weighted by Gasteiger charge is 2.40. The molecular formula is C23H27ClN4O2S. The van der Waals surface area contributed by atoms with Gasteiger partial charge in [-0.25, -0.2) is 13.4 Å². The summed E-state index contributed by atoms with van der Waals surface area (Å²) >= 11 is 6.07. The van der Waals surface area contributed by atoms with Crippen LogP contribution in [0, 0.1) is 0 Å². The second kappa shape index (κ2) is 9.53. The Morgan fingerprint density at radius 3 is 2.65 bits per heavy atom. The molecule has 1 aromatic heterocycles. The van der Waals surface area contributed by atoms with Crippen molar-refractivity contribution in [3.63, 3.8) is 0 Å². The number of sulfonamides is 1. The molecule has 0 amide bonds. The fourth-order valence-electron chi connectivity index (χ4n) is 4.14. The molecule has 8 heteroatoms. The van der Waals surface area contributed by atoms with E-state index in [0.717, 1.165) is 30.0 Å². The van der Waals surface area contributed by atoms with E-state index in [1.807, 2.05) is 36.4 Å². The van der Waals surface area contributed by atoms with Gasteiger partial charge in [0.15, 0.2) is 5.03 Å². The molecule has 1 aliphatic heterocycles. The molecule has 0 radical (unpaired) electrons. The first-order valence-electron chi connectivity index (χ1n) is 10.4. The normalized spacial score (nSPS) is 19.7. The zero-order valence-corrected chi connectivity index (χ0v) is 19.1. The number of imidazole rings is 1. The first-order valence-corrected chi connectivity index (χ1v) is 12.3. The molecule has 2 atom stereocenters. The van der Waals surface area contributed by atoms with Crippen LogP contribution in [0.1, 0.15) is 23.5 Å². The molecule has 0 saturated carbocycles. The van der Waals surface area contributed by atoms with E-state index < -0.39 is 10.0 Å². The van der Waals surface area contributed by atoms with E-state index in [1.54, 1.807) is 22.1 Å². The summed E-state index contributed by atoms with van der Waals surface area (Å²) in [6, 6.07) is 18.1. The van der Waals surface area contributed by atoms with Crippen LogP contribution in [0.5, 0.6) is 0 Å². The maximum atomic E-state index is 13.1. The fourth-order valence-corrected chi connectivity index (χ4v) is 5.81. The monoisotopic (exact) mass is 458 g/mol. The molecule has 3 aromatic rings. The lowest BCUT2D eigenvalue weighted by atomic mass is 9.94. The van der Waals surface area contributed by atoms with Gasteiger partial charge in [0, 0.05) is 43.3 Å². The van der Waals surface area contributed by atoms with Crippen molar-refractivity contribution < 1.29 is 8.42 Å². The topological polar surface area (TPSA) is 67.2 Å². The minimum Gasteiger partial charge on any atom is -0.339 e. The Hall–Kier alpha value is -2.19. The van der Waals surface area contributed by atoms with Gasteiger partial charge in [0.25, 0.3) is 10.0 Å². The van der Waals surface area contributed by atoms with Gasteiger partial charge in [0.2, 0.25) is 0 Å². The van der Waals surface area contributed by atoms with Crippen LogP contribution in [0.4, 0.5) is 0 Å². The van der Waals surface area contributed by atoms with Crippen molar-refractivity contribution in [2.75, 3.05) is 19.6 Å². The average molecular weight is 459 g/mol. The van der Waals surface area contributed by atoms with Crippen LogP contribution < -0.4 is 5.32 Å². The predicted molar refractivity (Wildman–Crippen MR) is 123 cm³/mol. The fraction of sp³-hybridized carbons (Fsp3) is 0.348. The standard InChI is InChI=1S/C23H27ClN4O2S/c1-27-16-23(26-17-27)31(29,30)28-14-21(19-9-3-2-4-10-19)22(15-28)25-12-6-8-18-7-5-11-20(24)13-18/h2-5,7,9-11,13,16-17,21-22,25H,6,8,12,14-15H2,1H3. The first kappa shape index (κ1) is 22.0. The Kier molecular flexibility index (Phi) is 6.77. The Labute approximate surface area is 188 Å². The van der Waals surface area contributed by atoms with E-state index in [2.05, 4.69) is 28.5 Å². The van der Waals surface area contributed by atoms with Crippen LogP contribution in [-0.4, -0.2) is 48.0 Å². The molecule has 1 fully saturated rings. The van der Waals surface area contributed by atoms with Gasteiger partial charge < -0.3 is 9.88 Å². The summed E-state index contributed by atoms with van der Waals surface area (Å²) in [5.41, 5.74) is 2.35. The minimum absolute atomic E-state index is 0.0419. The molecule has 1 saturated heterocycles. The maximum Gasteiger partial charge on any atom is 0.262 e. The van der Waals surface area contributed by atoms with E-state index in [-0.39, 0.29) is 17.0 Å². The van der Waals surface area contributed by atoms with E-state index in [0.29, 0.717) is 13.1 Å². The van der Waals surface area contributed by atoms with E-state index in [9.17, 15) is 8.42 Å². The summed E-state index contributed by atoms with van der Waals surface area (Å²) in [6.07, 6.45) is 4.94. The van der Waals surface area contributed by atoms with Gasteiger partial charge in [-0.2, -0.15) is 4.31 Å². The lowest BCUT2D eigenvalue weighted by Crippen LogP contribution is -2.37. The number of rotatable bonds is 8. The van der Waals surface area contributed by atoms with Crippen LogP contribution in [0.15, 0.2) is 72.1 Å². The molecule has 0 bridgehead atoms. The minimum atomic E-state index is -3.62. The summed E-state index contributed by atoms with van der Waals surface area (Å²) in [4.78, 5) is 4.07. The maximum absolute atomic E-state index is 13.1. The molecule has 6 nitrogen and oxygen atoms in total. The smallest absolute Gasteiger partial charge is 0.262 e. The lowest BCUT2D eigenvalue weighted by molar-refractivity contribution is 0.453. The molecule has 0 aliphatic carbocycles. The zero-order chi connectivity index (χ0) is 21.8. The summed E-state index contributed by atoms with van der Waals surface area (Å²) in [5.74, 6) is 0.0888. The zero-order valence-electron chi connectivity index (χ0n) is 17.5. The summed E-state index contributed by atoms with van der Waals surface area (Å²) in [7, 11) is -1.85. The molecule has 31 heavy (non-hydrogen) atoms. The molecule has 164 valence electrons. The SMILES string of the molecule is Cn1cnc(S(=O)(=O)N2CC(NCCCc3cccc(Cl)c3)C(c3ccccc3)C2)c1. The van der Waals surface area contributed by atoms with Crippen molar-refractivity contribution in [1.29, 1.82) is 0 Å². The Balaban J connectivity index is 1.45. The average Bonchev–Trinajstić information content (AvgIpc) is 3.39. The Morgan fingerprint density at radius 1 is 1.13 bits per heavy atom. The van der Waals surface area contributed by atoms with Crippen molar-refractivity contribution in [2.24, 2.45) is 7.05 Å². The first-order chi connectivity index (χ1) is 14.9. The number of hydrogen-bond acceptors (Lipinski definition) is 4. The van der Waals surface area contributed by atoms with Crippen LogP contribution in [0.3, 0.4) is 0 Å². The number of aryl methyl sites for hydroxylation is 2. The molecule has 2 heterocycles. The number of benzene rings is 2. The van der Waals surface area contributed by atoms with Crippen molar-refractivity contribution in [2.45, 2.75) is 29.8 Å². The summed E-state index contributed by atoms with van der Waals surface area (Å²) in [6.45, 7) is 1.67. The number of halogens is 1. The second-order valence-electron chi connectivity index (χ2n) is 8.01. The van der Waals surface area contributed by atoms with Gasteiger partial charge in [-0.05, 0) is 42.6 Å². The Bertz CT molecular complexity index is 1120. The number of nitrogens with zero attached hydrogens (tertiary/aromatic N) is 3.